The fourth-order valence-corrected chi connectivity index (χ4v) is 9.38. The van der Waals surface area contributed by atoms with Gasteiger partial charge in [-0.2, -0.15) is 0 Å². The van der Waals surface area contributed by atoms with Crippen LogP contribution in [0.1, 0.15) is 0 Å². The standard InChI is InChI=1S/C57H31N3O4/c1-4-16-47-39(13-1)42-22-19-37(28-51(42)61-47)56-58-55(59-57(60-56)38-20-23-43-40-14-2-5-17-48(40)62-52(43)29-38)36-12-8-11-34(26-36)32-9-7-10-33(25-32)35-21-24-50-44(27-35)46-30-45-41-15-3-6-18-49(41)63-53(45)31-54(46)64-50/h1-31H. The van der Waals surface area contributed by atoms with Gasteiger partial charge < -0.3 is 17.7 Å². The van der Waals surface area contributed by atoms with Crippen LogP contribution in [0.4, 0.5) is 0 Å². The quantitative estimate of drug-likeness (QED) is 0.171. The molecule has 0 radical (unpaired) electrons. The number of aromatic nitrogens is 3. The minimum absolute atomic E-state index is 0.545. The number of para-hydroxylation sites is 3. The van der Waals surface area contributed by atoms with E-state index in [-0.39, 0.29) is 0 Å². The van der Waals surface area contributed by atoms with E-state index in [2.05, 4.69) is 115 Å². The van der Waals surface area contributed by atoms with Crippen LogP contribution < -0.4 is 0 Å². The summed E-state index contributed by atoms with van der Waals surface area (Å²) in [4.78, 5) is 15.4. The SMILES string of the molecule is c1cc(-c2cccc(-c3nc(-c4ccc5c(c4)oc4ccccc45)nc(-c4ccc5c(c4)oc4ccccc45)n3)c2)cc(-c2ccc3oc4cc5oc6ccccc6c5cc4c3c2)c1. The summed E-state index contributed by atoms with van der Waals surface area (Å²) in [5, 5.41) is 8.53. The highest BCUT2D eigenvalue weighted by Crippen LogP contribution is 2.40. The molecule has 64 heavy (non-hydrogen) atoms. The van der Waals surface area contributed by atoms with Crippen LogP contribution in [0.2, 0.25) is 0 Å². The predicted molar refractivity (Wildman–Crippen MR) is 256 cm³/mol. The van der Waals surface area contributed by atoms with Gasteiger partial charge in [-0.1, -0.05) is 109 Å². The van der Waals surface area contributed by atoms with Crippen LogP contribution in [-0.4, -0.2) is 15.0 Å². The van der Waals surface area contributed by atoms with E-state index < -0.39 is 0 Å². The van der Waals surface area contributed by atoms with Crippen molar-refractivity contribution in [3.8, 4) is 56.4 Å². The Kier molecular flexibility index (Phi) is 7.27. The summed E-state index contributed by atoms with van der Waals surface area (Å²) < 4.78 is 25.1. The highest BCUT2D eigenvalue weighted by molar-refractivity contribution is 6.15. The number of furan rings is 4. The number of hydrogen-bond donors (Lipinski definition) is 0. The fourth-order valence-electron chi connectivity index (χ4n) is 9.38. The van der Waals surface area contributed by atoms with Gasteiger partial charge in [-0.3, -0.25) is 0 Å². The Morgan fingerprint density at radius 1 is 0.203 bits per heavy atom. The lowest BCUT2D eigenvalue weighted by Gasteiger charge is -2.10. The first-order valence-corrected chi connectivity index (χ1v) is 21.2. The van der Waals surface area contributed by atoms with Gasteiger partial charge in [-0.25, -0.2) is 15.0 Å². The average Bonchev–Trinajstić information content (AvgIpc) is 4.12. The number of fused-ring (bicyclic) bond motifs is 12. The molecule has 14 rings (SSSR count). The molecular formula is C57H31N3O4. The van der Waals surface area contributed by atoms with E-state index in [1.54, 1.807) is 0 Å². The monoisotopic (exact) mass is 821 g/mol. The highest BCUT2D eigenvalue weighted by Gasteiger charge is 2.18. The minimum atomic E-state index is 0.545. The van der Waals surface area contributed by atoms with Gasteiger partial charge in [0.05, 0.1) is 0 Å². The first kappa shape index (κ1) is 34.9. The molecule has 5 heterocycles. The normalized spacial score (nSPS) is 12.1. The molecule has 0 spiro atoms. The number of benzene rings is 9. The Balaban J connectivity index is 0.872. The second-order valence-corrected chi connectivity index (χ2v) is 16.3. The number of rotatable bonds is 5. The first-order chi connectivity index (χ1) is 31.6. The molecule has 0 N–H and O–H groups in total. The van der Waals surface area contributed by atoms with Crippen LogP contribution in [0, 0.1) is 0 Å². The van der Waals surface area contributed by atoms with E-state index in [1.165, 1.54) is 0 Å². The third-order valence-electron chi connectivity index (χ3n) is 12.5. The molecule has 9 aromatic carbocycles. The lowest BCUT2D eigenvalue weighted by Crippen LogP contribution is -2.00. The molecule has 0 unspecified atom stereocenters. The third-order valence-corrected chi connectivity index (χ3v) is 12.5. The van der Waals surface area contributed by atoms with Crippen molar-refractivity contribution < 1.29 is 17.7 Å². The molecule has 298 valence electrons. The molecule has 14 aromatic rings. The van der Waals surface area contributed by atoms with Crippen LogP contribution in [0.5, 0.6) is 0 Å². The molecule has 0 aliphatic carbocycles. The summed E-state index contributed by atoms with van der Waals surface area (Å²) in [6.07, 6.45) is 0. The van der Waals surface area contributed by atoms with Gasteiger partial charge in [0, 0.05) is 65.8 Å². The van der Waals surface area contributed by atoms with E-state index in [9.17, 15) is 0 Å². The highest BCUT2D eigenvalue weighted by atomic mass is 16.3. The van der Waals surface area contributed by atoms with E-state index in [4.69, 9.17) is 32.6 Å². The van der Waals surface area contributed by atoms with E-state index in [0.29, 0.717) is 17.5 Å². The summed E-state index contributed by atoms with van der Waals surface area (Å²) >= 11 is 0. The fraction of sp³-hybridized carbons (Fsp3) is 0. The van der Waals surface area contributed by atoms with E-state index in [1.807, 2.05) is 72.8 Å². The summed E-state index contributed by atoms with van der Waals surface area (Å²) in [5.74, 6) is 1.65. The van der Waals surface area contributed by atoms with Gasteiger partial charge in [-0.05, 0) is 95.1 Å². The summed E-state index contributed by atoms with van der Waals surface area (Å²) in [6, 6.07) is 64.3. The maximum Gasteiger partial charge on any atom is 0.164 e. The van der Waals surface area contributed by atoms with Crippen LogP contribution in [0.3, 0.4) is 0 Å². The van der Waals surface area contributed by atoms with Gasteiger partial charge in [0.1, 0.15) is 44.7 Å². The van der Waals surface area contributed by atoms with Gasteiger partial charge in [0.25, 0.3) is 0 Å². The molecule has 7 heteroatoms. The third kappa shape index (κ3) is 5.44. The zero-order chi connectivity index (χ0) is 41.9. The van der Waals surface area contributed by atoms with Crippen LogP contribution in [0.25, 0.3) is 144 Å². The smallest absolute Gasteiger partial charge is 0.164 e. The molecule has 5 aromatic heterocycles. The van der Waals surface area contributed by atoms with Gasteiger partial charge in [0.2, 0.25) is 0 Å². The van der Waals surface area contributed by atoms with Crippen molar-refractivity contribution in [2.24, 2.45) is 0 Å². The Bertz CT molecular complexity index is 4090. The molecule has 0 saturated heterocycles. The predicted octanol–water partition coefficient (Wildman–Crippen LogP) is 15.8. The number of hydrogen-bond acceptors (Lipinski definition) is 7. The van der Waals surface area contributed by atoms with Crippen LogP contribution in [0.15, 0.2) is 206 Å². The summed E-state index contributed by atoms with van der Waals surface area (Å²) in [5.41, 5.74) is 13.4. The second-order valence-electron chi connectivity index (χ2n) is 16.3. The van der Waals surface area contributed by atoms with E-state index in [0.717, 1.165) is 127 Å². The van der Waals surface area contributed by atoms with Gasteiger partial charge in [0.15, 0.2) is 17.5 Å². The van der Waals surface area contributed by atoms with Crippen molar-refractivity contribution in [3.63, 3.8) is 0 Å². The molecule has 0 bridgehead atoms. The minimum Gasteiger partial charge on any atom is -0.456 e. The maximum absolute atomic E-state index is 6.35. The van der Waals surface area contributed by atoms with Crippen molar-refractivity contribution in [1.29, 1.82) is 0 Å². The Hall–Kier alpha value is -8.81. The molecule has 0 amide bonds. The summed E-state index contributed by atoms with van der Waals surface area (Å²) in [6.45, 7) is 0. The van der Waals surface area contributed by atoms with Crippen molar-refractivity contribution in [2.75, 3.05) is 0 Å². The van der Waals surface area contributed by atoms with Gasteiger partial charge >= 0.3 is 0 Å². The average molecular weight is 822 g/mol. The molecule has 0 aliphatic rings. The zero-order valence-electron chi connectivity index (χ0n) is 33.9. The molecule has 0 atom stereocenters. The van der Waals surface area contributed by atoms with E-state index >= 15 is 0 Å². The van der Waals surface area contributed by atoms with Crippen molar-refractivity contribution in [2.45, 2.75) is 0 Å². The van der Waals surface area contributed by atoms with Crippen LogP contribution in [-0.2, 0) is 0 Å². The zero-order valence-corrected chi connectivity index (χ0v) is 33.9. The molecule has 0 saturated carbocycles. The second kappa shape index (κ2) is 13.3. The van der Waals surface area contributed by atoms with Gasteiger partial charge in [-0.15, -0.1) is 0 Å². The Labute approximate surface area is 363 Å². The largest absolute Gasteiger partial charge is 0.456 e. The Morgan fingerprint density at radius 3 is 1.08 bits per heavy atom. The number of nitrogens with zero attached hydrogens (tertiary/aromatic N) is 3. The molecule has 0 fully saturated rings. The van der Waals surface area contributed by atoms with Crippen LogP contribution >= 0.6 is 0 Å². The van der Waals surface area contributed by atoms with Crippen molar-refractivity contribution >= 4 is 87.8 Å². The molecule has 0 aliphatic heterocycles. The molecular weight excluding hydrogens is 791 g/mol. The summed E-state index contributed by atoms with van der Waals surface area (Å²) in [7, 11) is 0. The Morgan fingerprint density at radius 2 is 0.547 bits per heavy atom. The molecule has 7 nitrogen and oxygen atoms in total. The topological polar surface area (TPSA) is 91.2 Å². The first-order valence-electron chi connectivity index (χ1n) is 21.2. The lowest BCUT2D eigenvalue weighted by molar-refractivity contribution is 0.656. The van der Waals surface area contributed by atoms with Crippen molar-refractivity contribution in [3.05, 3.63) is 188 Å². The maximum atomic E-state index is 6.35. The lowest BCUT2D eigenvalue weighted by atomic mass is 9.97. The van der Waals surface area contributed by atoms with Crippen molar-refractivity contribution in [1.82, 2.24) is 15.0 Å².